The summed E-state index contributed by atoms with van der Waals surface area (Å²) in [7, 11) is 2.55. The van der Waals surface area contributed by atoms with Crippen LogP contribution in [0.15, 0.2) is 114 Å². The zero-order chi connectivity index (χ0) is 48.9. The van der Waals surface area contributed by atoms with Crippen molar-refractivity contribution in [2.45, 2.75) is 154 Å². The van der Waals surface area contributed by atoms with Crippen molar-refractivity contribution >= 4 is 100 Å². The van der Waals surface area contributed by atoms with Crippen LogP contribution in [0.5, 0.6) is 0 Å². The third kappa shape index (κ3) is 6.14. The van der Waals surface area contributed by atoms with E-state index >= 15 is 0 Å². The average Bonchev–Trinajstić information content (AvgIpc) is 3.91. The van der Waals surface area contributed by atoms with Gasteiger partial charge in [0.1, 0.15) is 5.58 Å². The molecule has 14 rings (SSSR count). The van der Waals surface area contributed by atoms with Gasteiger partial charge in [0.2, 0.25) is 0 Å². The van der Waals surface area contributed by atoms with E-state index < -0.39 is 0 Å². The maximum absolute atomic E-state index is 7.26. The van der Waals surface area contributed by atoms with E-state index in [2.05, 4.69) is 203 Å². The quantitative estimate of drug-likeness (QED) is 0.175. The second kappa shape index (κ2) is 14.2. The molecule has 0 amide bonds. The van der Waals surface area contributed by atoms with Gasteiger partial charge in [-0.05, 0) is 200 Å². The number of hydrogen-bond acceptors (Lipinski definition) is 4. The average molecular weight is 946 g/mol. The monoisotopic (exact) mass is 945 g/mol. The van der Waals surface area contributed by atoms with Crippen LogP contribution in [0.4, 0.5) is 28.4 Å². The third-order valence-electron chi connectivity index (χ3n) is 19.3. The maximum Gasteiger partial charge on any atom is 0.200 e. The van der Waals surface area contributed by atoms with E-state index in [9.17, 15) is 0 Å². The van der Waals surface area contributed by atoms with Crippen LogP contribution in [-0.2, 0) is 32.5 Å². The van der Waals surface area contributed by atoms with Crippen molar-refractivity contribution in [2.24, 2.45) is 0 Å². The molecule has 355 valence electrons. The first-order valence-corrected chi connectivity index (χ1v) is 27.4. The van der Waals surface area contributed by atoms with Gasteiger partial charge in [0.15, 0.2) is 12.9 Å². The van der Waals surface area contributed by atoms with E-state index in [0.717, 1.165) is 46.9 Å². The molecule has 5 aliphatic rings. The van der Waals surface area contributed by atoms with Crippen LogP contribution >= 0.6 is 11.3 Å². The lowest BCUT2D eigenvalue weighted by Crippen LogP contribution is -2.44. The molecular formula is C66H66BN2OS. The molecule has 5 heteroatoms. The van der Waals surface area contributed by atoms with Gasteiger partial charge in [-0.3, -0.25) is 0 Å². The van der Waals surface area contributed by atoms with Crippen molar-refractivity contribution in [3.05, 3.63) is 148 Å². The molecule has 71 heavy (non-hydrogen) atoms. The van der Waals surface area contributed by atoms with Crippen molar-refractivity contribution in [3.8, 4) is 11.1 Å². The highest BCUT2D eigenvalue weighted by molar-refractivity contribution is 7.27. The summed E-state index contributed by atoms with van der Waals surface area (Å²) in [5, 5.41) is 9.14. The first kappa shape index (κ1) is 44.0. The summed E-state index contributed by atoms with van der Waals surface area (Å²) in [4.78, 5) is 2.63. The molecule has 4 bridgehead atoms. The van der Waals surface area contributed by atoms with Gasteiger partial charge >= 0.3 is 0 Å². The van der Waals surface area contributed by atoms with Crippen LogP contribution in [0.3, 0.4) is 0 Å². The molecule has 2 aromatic heterocycles. The summed E-state index contributed by atoms with van der Waals surface area (Å²) in [6.45, 7) is 27.3. The second-order valence-electron chi connectivity index (χ2n) is 26.0. The Labute approximate surface area is 425 Å². The Balaban J connectivity index is 1.11. The molecule has 0 spiro atoms. The number of benzene rings is 7. The second-order valence-corrected chi connectivity index (χ2v) is 27.0. The third-order valence-corrected chi connectivity index (χ3v) is 20.5. The molecule has 1 radical (unpaired) electrons. The topological polar surface area (TPSA) is 28.4 Å². The van der Waals surface area contributed by atoms with Gasteiger partial charge in [0.25, 0.3) is 0 Å². The number of fused-ring (bicyclic) bond motifs is 13. The normalized spacial score (nSPS) is 22.9. The van der Waals surface area contributed by atoms with Crippen LogP contribution in [0, 0.1) is 6.92 Å². The number of aryl methyl sites for hydroxylation is 1. The summed E-state index contributed by atoms with van der Waals surface area (Å²) in [5.74, 6) is 0. The summed E-state index contributed by atoms with van der Waals surface area (Å²) >= 11 is 1.93. The predicted molar refractivity (Wildman–Crippen MR) is 305 cm³/mol. The fraction of sp³-hybridized carbons (Fsp3) is 0.364. The first-order chi connectivity index (χ1) is 33.7. The molecule has 9 aromatic rings. The van der Waals surface area contributed by atoms with Gasteiger partial charge < -0.3 is 14.6 Å². The summed E-state index contributed by atoms with van der Waals surface area (Å²) in [6, 6.07) is 42.7. The number of nitrogens with one attached hydrogen (secondary N) is 1. The smallest absolute Gasteiger partial charge is 0.200 e. The van der Waals surface area contributed by atoms with E-state index in [4.69, 9.17) is 4.42 Å². The number of nitrogens with zero attached hydrogens (tertiary/aromatic N) is 1. The van der Waals surface area contributed by atoms with E-state index in [-0.39, 0.29) is 32.5 Å². The lowest BCUT2D eigenvalue weighted by molar-refractivity contribution is 0.208. The van der Waals surface area contributed by atoms with Crippen LogP contribution in [0.1, 0.15) is 153 Å². The molecule has 4 heterocycles. The van der Waals surface area contributed by atoms with Gasteiger partial charge in [-0.2, -0.15) is 0 Å². The molecule has 0 fully saturated rings. The van der Waals surface area contributed by atoms with Gasteiger partial charge in [-0.15, -0.1) is 11.3 Å². The highest BCUT2D eigenvalue weighted by Crippen LogP contribution is 2.59. The Hall–Kier alpha value is -5.78. The van der Waals surface area contributed by atoms with E-state index in [1.165, 1.54) is 124 Å². The molecule has 2 atom stereocenters. The Morgan fingerprint density at radius 1 is 0.521 bits per heavy atom. The summed E-state index contributed by atoms with van der Waals surface area (Å²) < 4.78 is 9.91. The number of anilines is 5. The molecule has 7 aromatic carbocycles. The van der Waals surface area contributed by atoms with Crippen LogP contribution in [0.25, 0.3) is 53.2 Å². The number of para-hydroxylation sites is 1. The minimum atomic E-state index is 0.0000817. The van der Waals surface area contributed by atoms with Crippen molar-refractivity contribution in [2.75, 3.05) is 10.2 Å². The fourth-order valence-corrected chi connectivity index (χ4v) is 16.1. The van der Waals surface area contributed by atoms with E-state index in [1.807, 2.05) is 11.3 Å². The predicted octanol–water partition coefficient (Wildman–Crippen LogP) is 17.5. The van der Waals surface area contributed by atoms with Crippen LogP contribution < -0.4 is 21.1 Å². The van der Waals surface area contributed by atoms with Crippen molar-refractivity contribution in [1.29, 1.82) is 0 Å². The van der Waals surface area contributed by atoms with Gasteiger partial charge in [-0.25, -0.2) is 0 Å². The molecular weight excluding hydrogens is 880 g/mol. The summed E-state index contributed by atoms with van der Waals surface area (Å²) in [5.41, 5.74) is 23.4. The first-order valence-electron chi connectivity index (χ1n) is 26.6. The fourth-order valence-electron chi connectivity index (χ4n) is 14.8. The zero-order valence-corrected chi connectivity index (χ0v) is 44.5. The van der Waals surface area contributed by atoms with E-state index in [0.29, 0.717) is 0 Å². The minimum absolute atomic E-state index is 0.0000817. The van der Waals surface area contributed by atoms with Gasteiger partial charge in [0.05, 0.1) is 5.69 Å². The van der Waals surface area contributed by atoms with Crippen LogP contribution in [-0.4, -0.2) is 7.28 Å². The van der Waals surface area contributed by atoms with Crippen LogP contribution in [0.2, 0.25) is 0 Å². The van der Waals surface area contributed by atoms with Gasteiger partial charge in [-0.1, -0.05) is 124 Å². The lowest BCUT2D eigenvalue weighted by Gasteiger charge is -2.51. The molecule has 0 saturated heterocycles. The van der Waals surface area contributed by atoms with Crippen molar-refractivity contribution < 1.29 is 4.42 Å². The Bertz CT molecular complexity index is 3820. The minimum Gasteiger partial charge on any atom is -0.454 e. The largest absolute Gasteiger partial charge is 0.454 e. The zero-order valence-electron chi connectivity index (χ0n) is 43.7. The number of rotatable bonds is 2. The maximum atomic E-state index is 7.26. The molecule has 2 unspecified atom stereocenters. The Kier molecular flexibility index (Phi) is 8.82. The molecule has 3 nitrogen and oxygen atoms in total. The number of hydrogen-bond donors (Lipinski definition) is 1. The lowest BCUT2D eigenvalue weighted by atomic mass is 9.53. The van der Waals surface area contributed by atoms with E-state index in [1.54, 1.807) is 5.56 Å². The van der Waals surface area contributed by atoms with Crippen molar-refractivity contribution in [1.82, 2.24) is 0 Å². The standard InChI is InChI=1S/C66H66BN2OS/c1-37-30-46-48(63(6,7)25-24-62(46,4)5)35-53(37)69-52-23-21-41-40-17-13-15-19-55(40)71-60(41)57(52)67-56-43(32-44-39-16-12-14-18-54(39)70-59(44)58(56)69)42-33-47-50-34-51(42)68-38-20-22-45-49(31-38)65(10,28-26-61(45,2)3)36-66(50,11)29-27-64(47,8)9/h12-23,30-35,68H,24-29,36H2,1-11H3. The molecule has 2 aliphatic heterocycles. The molecule has 3 aliphatic carbocycles. The summed E-state index contributed by atoms with van der Waals surface area (Å²) in [6.07, 6.45) is 8.24. The van der Waals surface area contributed by atoms with Crippen molar-refractivity contribution in [3.63, 3.8) is 0 Å². The SMILES string of the molecule is Cc1cc2c(cc1N1c3ccc4c(sc5ccccc54)c3[B]c3c(-c4cc5c6cc4Nc4ccc7c(c4)C(C)(CCC7(C)C)CC6(C)CCC5(C)C)cc4c(oc5ccccc54)c31)C(C)(C)CCC2(C)C. The Morgan fingerprint density at radius 2 is 1.15 bits per heavy atom. The Morgan fingerprint density at radius 3 is 1.90 bits per heavy atom. The number of thiophene rings is 1. The highest BCUT2D eigenvalue weighted by Gasteiger charge is 2.49. The highest BCUT2D eigenvalue weighted by atomic mass is 32.1. The van der Waals surface area contributed by atoms with Gasteiger partial charge in [0, 0.05) is 53.9 Å². The molecule has 0 saturated carbocycles. The molecule has 1 N–H and O–H groups in total. The number of furan rings is 1.